The lowest BCUT2D eigenvalue weighted by Crippen LogP contribution is -2.66. The highest BCUT2D eigenvalue weighted by Gasteiger charge is 2.86. The van der Waals surface area contributed by atoms with E-state index in [0.717, 1.165) is 0 Å². The molecule has 0 spiro atoms. The standard InChI is InChI=1S/C9H12F9N2O5PS/c10-6(11,8(14,15)16)7(12,13)9(17,18)27(24,25)5(26(21,22)23)20-3-1-19-2-4-20/h5,19H,1-4H2,(H2,21,22,23). The fourth-order valence-electron chi connectivity index (χ4n) is 2.16. The molecular weight excluding hydrogens is 450 g/mol. The van der Waals surface area contributed by atoms with Crippen molar-refractivity contribution < 1.29 is 62.3 Å². The third-order valence-electron chi connectivity index (χ3n) is 3.50. The van der Waals surface area contributed by atoms with Crippen LogP contribution in [0.15, 0.2) is 0 Å². The molecule has 162 valence electrons. The minimum Gasteiger partial charge on any atom is -0.323 e. The molecule has 27 heavy (non-hydrogen) atoms. The maximum absolute atomic E-state index is 13.8. The van der Waals surface area contributed by atoms with E-state index in [9.17, 15) is 52.5 Å². The summed E-state index contributed by atoms with van der Waals surface area (Å²) in [5.74, 6) is -15.1. The van der Waals surface area contributed by atoms with Crippen LogP contribution in [0.5, 0.6) is 0 Å². The van der Waals surface area contributed by atoms with Gasteiger partial charge in [-0.1, -0.05) is 0 Å². The molecule has 3 N–H and O–H groups in total. The van der Waals surface area contributed by atoms with E-state index in [4.69, 9.17) is 9.79 Å². The number of piperazine rings is 1. The lowest BCUT2D eigenvalue weighted by molar-refractivity contribution is -0.382. The lowest BCUT2D eigenvalue weighted by Gasteiger charge is -2.39. The molecule has 1 aliphatic heterocycles. The van der Waals surface area contributed by atoms with Gasteiger partial charge in [0.25, 0.3) is 0 Å². The normalized spacial score (nSPS) is 20.6. The van der Waals surface area contributed by atoms with Gasteiger partial charge in [-0.25, -0.2) is 8.42 Å². The fourth-order valence-corrected chi connectivity index (χ4v) is 6.02. The van der Waals surface area contributed by atoms with Crippen LogP contribution < -0.4 is 5.32 Å². The van der Waals surface area contributed by atoms with Crippen LogP contribution in [0.1, 0.15) is 0 Å². The first-order valence-electron chi connectivity index (χ1n) is 6.66. The number of alkyl halides is 9. The SMILES string of the molecule is O=P(O)(O)C(N1CCNCC1)S(=O)(=O)C(F)(F)C(F)(F)C(F)(F)C(F)(F)F. The Morgan fingerprint density at radius 3 is 1.63 bits per heavy atom. The summed E-state index contributed by atoms with van der Waals surface area (Å²) in [5.41, 5.74) is 0. The Morgan fingerprint density at radius 1 is 0.889 bits per heavy atom. The quantitative estimate of drug-likeness (QED) is 0.402. The van der Waals surface area contributed by atoms with Gasteiger partial charge in [-0.2, -0.15) is 39.5 Å². The number of hydrogen-bond donors (Lipinski definition) is 3. The third-order valence-corrected chi connectivity index (χ3v) is 7.89. The largest absolute Gasteiger partial charge is 0.460 e. The molecule has 1 heterocycles. The average molecular weight is 462 g/mol. The molecule has 0 saturated carbocycles. The fraction of sp³-hybridized carbons (Fsp3) is 1.00. The van der Waals surface area contributed by atoms with Crippen molar-refractivity contribution in [2.75, 3.05) is 26.2 Å². The zero-order valence-electron chi connectivity index (χ0n) is 12.7. The Morgan fingerprint density at radius 2 is 1.30 bits per heavy atom. The van der Waals surface area contributed by atoms with Crippen LogP contribution in [-0.4, -0.2) is 77.7 Å². The van der Waals surface area contributed by atoms with Crippen molar-refractivity contribution in [1.29, 1.82) is 0 Å². The number of nitrogens with one attached hydrogen (secondary N) is 1. The van der Waals surface area contributed by atoms with Crippen LogP contribution in [0.4, 0.5) is 39.5 Å². The molecule has 0 amide bonds. The zero-order chi connectivity index (χ0) is 21.7. The van der Waals surface area contributed by atoms with Crippen molar-refractivity contribution in [3.05, 3.63) is 0 Å². The maximum atomic E-state index is 13.8. The first-order chi connectivity index (χ1) is 11.7. The van der Waals surface area contributed by atoms with Crippen molar-refractivity contribution in [3.8, 4) is 0 Å². The van der Waals surface area contributed by atoms with Crippen molar-refractivity contribution in [2.45, 2.75) is 28.4 Å². The van der Waals surface area contributed by atoms with Crippen molar-refractivity contribution in [2.24, 2.45) is 0 Å². The molecule has 1 unspecified atom stereocenters. The first kappa shape index (κ1) is 24.4. The van der Waals surface area contributed by atoms with E-state index in [1.807, 2.05) is 0 Å². The lowest BCUT2D eigenvalue weighted by atomic mass is 10.1. The highest BCUT2D eigenvalue weighted by molar-refractivity contribution is 7.99. The minimum absolute atomic E-state index is 0.0856. The number of hydrogen-bond acceptors (Lipinski definition) is 5. The minimum atomic E-state index is -7.56. The molecule has 1 fully saturated rings. The van der Waals surface area contributed by atoms with Crippen LogP contribution in [0, 0.1) is 0 Å². The number of nitrogens with zero attached hydrogens (tertiary/aromatic N) is 1. The van der Waals surface area contributed by atoms with Crippen LogP contribution in [0.2, 0.25) is 0 Å². The van der Waals surface area contributed by atoms with E-state index < -0.39 is 58.9 Å². The molecule has 0 aromatic heterocycles. The summed E-state index contributed by atoms with van der Waals surface area (Å²) in [4.78, 5) is 18.2. The first-order valence-corrected chi connectivity index (χ1v) is 9.89. The summed E-state index contributed by atoms with van der Waals surface area (Å²) in [6, 6.07) is 0. The Hall–Kier alpha value is -0.610. The van der Waals surface area contributed by atoms with Gasteiger partial charge in [0.15, 0.2) is 0 Å². The molecule has 0 aliphatic carbocycles. The summed E-state index contributed by atoms with van der Waals surface area (Å²) in [6.07, 6.45) is -7.28. The van der Waals surface area contributed by atoms with Crippen LogP contribution in [-0.2, 0) is 14.4 Å². The van der Waals surface area contributed by atoms with Crippen molar-refractivity contribution >= 4 is 17.4 Å². The van der Waals surface area contributed by atoms with E-state index in [0.29, 0.717) is 0 Å². The predicted octanol–water partition coefficient (Wildman–Crippen LogP) is 1.19. The Labute approximate surface area is 145 Å². The summed E-state index contributed by atoms with van der Waals surface area (Å²) < 4.78 is 152. The molecule has 18 heteroatoms. The second kappa shape index (κ2) is 7.02. The summed E-state index contributed by atoms with van der Waals surface area (Å²) in [6.45, 7) is -1.92. The van der Waals surface area contributed by atoms with Gasteiger partial charge in [-0.3, -0.25) is 9.46 Å². The van der Waals surface area contributed by atoms with E-state index in [-0.39, 0.29) is 18.0 Å². The highest BCUT2D eigenvalue weighted by atomic mass is 32.2. The summed E-state index contributed by atoms with van der Waals surface area (Å²) >= 11 is 0. The third kappa shape index (κ3) is 3.94. The van der Waals surface area contributed by atoms with Gasteiger partial charge in [0.2, 0.25) is 15.0 Å². The van der Waals surface area contributed by atoms with Crippen LogP contribution in [0.25, 0.3) is 0 Å². The zero-order valence-corrected chi connectivity index (χ0v) is 14.4. The van der Waals surface area contributed by atoms with Gasteiger partial charge in [0.05, 0.1) is 0 Å². The van der Waals surface area contributed by atoms with E-state index in [1.54, 1.807) is 0 Å². The molecular formula is C9H12F9N2O5PS. The highest BCUT2D eigenvalue weighted by Crippen LogP contribution is 2.58. The van der Waals surface area contributed by atoms with Gasteiger partial charge in [0, 0.05) is 26.2 Å². The van der Waals surface area contributed by atoms with Crippen LogP contribution in [0.3, 0.4) is 0 Å². The smallest absolute Gasteiger partial charge is 0.323 e. The Bertz CT molecular complexity index is 701. The van der Waals surface area contributed by atoms with E-state index >= 15 is 0 Å². The van der Waals surface area contributed by atoms with Gasteiger partial charge in [-0.05, 0) is 0 Å². The molecule has 0 aromatic carbocycles. The Balaban J connectivity index is 3.58. The maximum Gasteiger partial charge on any atom is 0.460 e. The number of halogens is 9. The van der Waals surface area contributed by atoms with E-state index in [2.05, 4.69) is 5.32 Å². The van der Waals surface area contributed by atoms with Crippen molar-refractivity contribution in [1.82, 2.24) is 10.2 Å². The molecule has 1 saturated heterocycles. The molecule has 1 atom stereocenters. The van der Waals surface area contributed by atoms with Crippen molar-refractivity contribution in [3.63, 3.8) is 0 Å². The average Bonchev–Trinajstić information content (AvgIpc) is 2.44. The number of sulfone groups is 1. The Kier molecular flexibility index (Phi) is 6.35. The van der Waals surface area contributed by atoms with Crippen LogP contribution >= 0.6 is 7.60 Å². The molecule has 1 rings (SSSR count). The summed E-state index contributed by atoms with van der Waals surface area (Å²) in [7, 11) is -13.5. The van der Waals surface area contributed by atoms with Gasteiger partial charge >= 0.3 is 30.9 Å². The second-order valence-corrected chi connectivity index (χ2v) is 9.48. The number of rotatable bonds is 6. The monoisotopic (exact) mass is 462 g/mol. The van der Waals surface area contributed by atoms with E-state index in [1.165, 1.54) is 0 Å². The molecule has 7 nitrogen and oxygen atoms in total. The predicted molar refractivity (Wildman–Crippen MR) is 70.1 cm³/mol. The topological polar surface area (TPSA) is 107 Å². The van der Waals surface area contributed by atoms with Gasteiger partial charge in [-0.15, -0.1) is 0 Å². The molecule has 0 bridgehead atoms. The molecule has 0 radical (unpaired) electrons. The van der Waals surface area contributed by atoms with Gasteiger partial charge < -0.3 is 15.1 Å². The summed E-state index contributed by atoms with van der Waals surface area (Å²) in [5, 5.41) is -8.43. The molecule has 0 aromatic rings. The molecule has 1 aliphatic rings. The second-order valence-electron chi connectivity index (χ2n) is 5.41. The van der Waals surface area contributed by atoms with Gasteiger partial charge in [0.1, 0.15) is 0 Å².